The van der Waals surface area contributed by atoms with Gasteiger partial charge in [-0.3, -0.25) is 0 Å². The van der Waals surface area contributed by atoms with E-state index in [4.69, 9.17) is 0 Å². The van der Waals surface area contributed by atoms with Crippen LogP contribution in [-0.2, 0) is 5.41 Å². The Hall–Kier alpha value is -1.55. The van der Waals surface area contributed by atoms with Gasteiger partial charge in [0.25, 0.3) is 0 Å². The Kier molecular flexibility index (Phi) is 5.91. The molecule has 0 aromatic heterocycles. The summed E-state index contributed by atoms with van der Waals surface area (Å²) >= 11 is 0. The van der Waals surface area contributed by atoms with E-state index in [2.05, 4.69) is 48.3 Å². The third-order valence-electron chi connectivity index (χ3n) is 6.36. The maximum atomic E-state index is 12.2. The van der Waals surface area contributed by atoms with Gasteiger partial charge in [-0.25, -0.2) is 4.79 Å². The van der Waals surface area contributed by atoms with Crippen LogP contribution >= 0.6 is 0 Å². The van der Waals surface area contributed by atoms with Gasteiger partial charge in [0.1, 0.15) is 0 Å². The number of amides is 2. The lowest BCUT2D eigenvalue weighted by Crippen LogP contribution is -2.47. The van der Waals surface area contributed by atoms with E-state index in [0.29, 0.717) is 5.41 Å². The third-order valence-corrected chi connectivity index (χ3v) is 6.36. The molecule has 1 atom stereocenters. The van der Waals surface area contributed by atoms with Crippen LogP contribution in [-0.4, -0.2) is 49.6 Å². The molecule has 0 bridgehead atoms. The zero-order valence-electron chi connectivity index (χ0n) is 16.9. The zero-order valence-corrected chi connectivity index (χ0v) is 16.9. The SMILES string of the molecule is CC(C)CCN1CCC2(CC[C@H](NC(=O)N(C)C)c3ccccc32)CC1. The van der Waals surface area contributed by atoms with Gasteiger partial charge in [0, 0.05) is 14.1 Å². The number of hydrogen-bond donors (Lipinski definition) is 1. The fourth-order valence-electron chi connectivity index (χ4n) is 4.59. The molecule has 2 aliphatic rings. The first-order valence-electron chi connectivity index (χ1n) is 10.2. The van der Waals surface area contributed by atoms with E-state index >= 15 is 0 Å². The standard InChI is InChI=1S/C22H35N3O/c1-17(2)10-14-25-15-12-22(13-16-25)11-9-20(23-21(26)24(3)4)18-7-5-6-8-19(18)22/h5-8,17,20H,9-16H2,1-4H3,(H,23,26)/t20-/m0/s1. The van der Waals surface area contributed by atoms with Crippen LogP contribution in [0.1, 0.15) is 63.1 Å². The lowest BCUT2D eigenvalue weighted by Gasteiger charge is -2.47. The number of nitrogens with zero attached hydrogens (tertiary/aromatic N) is 2. The minimum atomic E-state index is 0.00394. The second-order valence-electron chi connectivity index (χ2n) is 8.83. The summed E-state index contributed by atoms with van der Waals surface area (Å²) in [6.07, 6.45) is 6.01. The molecule has 1 aromatic rings. The van der Waals surface area contributed by atoms with Crippen LogP contribution < -0.4 is 5.32 Å². The van der Waals surface area contributed by atoms with E-state index in [0.717, 1.165) is 12.3 Å². The van der Waals surface area contributed by atoms with E-state index < -0.39 is 0 Å². The first-order chi connectivity index (χ1) is 12.4. The van der Waals surface area contributed by atoms with E-state index in [1.54, 1.807) is 19.0 Å². The molecule has 1 N–H and O–H groups in total. The minimum Gasteiger partial charge on any atom is -0.331 e. The van der Waals surface area contributed by atoms with Gasteiger partial charge in [-0.2, -0.15) is 0 Å². The molecule has 1 aliphatic heterocycles. The number of likely N-dealkylation sites (tertiary alicyclic amines) is 1. The molecule has 0 unspecified atom stereocenters. The van der Waals surface area contributed by atoms with Gasteiger partial charge in [0.15, 0.2) is 0 Å². The quantitative estimate of drug-likeness (QED) is 0.878. The van der Waals surface area contributed by atoms with Crippen molar-refractivity contribution in [2.75, 3.05) is 33.7 Å². The highest BCUT2D eigenvalue weighted by Gasteiger charge is 2.42. The molecule has 4 heteroatoms. The maximum Gasteiger partial charge on any atom is 0.317 e. The molecule has 2 amide bonds. The summed E-state index contributed by atoms with van der Waals surface area (Å²) in [5, 5.41) is 3.21. The number of carbonyl (C=O) groups excluding carboxylic acids is 1. The molecule has 26 heavy (non-hydrogen) atoms. The van der Waals surface area contributed by atoms with Gasteiger partial charge in [0.2, 0.25) is 0 Å². The van der Waals surface area contributed by atoms with Crippen LogP contribution in [0.2, 0.25) is 0 Å². The van der Waals surface area contributed by atoms with Crippen LogP contribution in [0.25, 0.3) is 0 Å². The number of rotatable bonds is 4. The van der Waals surface area contributed by atoms with Crippen molar-refractivity contribution in [3.05, 3.63) is 35.4 Å². The maximum absolute atomic E-state index is 12.2. The molecular formula is C22H35N3O. The van der Waals surface area contributed by atoms with Crippen LogP contribution in [0.3, 0.4) is 0 Å². The smallest absolute Gasteiger partial charge is 0.317 e. The van der Waals surface area contributed by atoms with E-state index in [9.17, 15) is 4.79 Å². The van der Waals surface area contributed by atoms with E-state index in [1.165, 1.54) is 56.4 Å². The minimum absolute atomic E-state index is 0.00394. The van der Waals surface area contributed by atoms with Crippen molar-refractivity contribution in [1.29, 1.82) is 0 Å². The number of urea groups is 1. The Labute approximate surface area is 158 Å². The fourth-order valence-corrected chi connectivity index (χ4v) is 4.59. The summed E-state index contributed by atoms with van der Waals surface area (Å²) in [4.78, 5) is 16.4. The lowest BCUT2D eigenvalue weighted by atomic mass is 9.63. The summed E-state index contributed by atoms with van der Waals surface area (Å²) in [6.45, 7) is 8.26. The second kappa shape index (κ2) is 7.99. The average molecular weight is 358 g/mol. The summed E-state index contributed by atoms with van der Waals surface area (Å²) in [7, 11) is 3.61. The summed E-state index contributed by atoms with van der Waals surface area (Å²) in [5.74, 6) is 0.780. The van der Waals surface area contributed by atoms with Crippen molar-refractivity contribution in [3.8, 4) is 0 Å². The molecule has 3 rings (SSSR count). The molecule has 144 valence electrons. The molecule has 1 heterocycles. The molecule has 0 saturated carbocycles. The molecule has 1 aromatic carbocycles. The number of nitrogens with one attached hydrogen (secondary N) is 1. The predicted molar refractivity (Wildman–Crippen MR) is 107 cm³/mol. The molecule has 1 aliphatic carbocycles. The van der Waals surface area contributed by atoms with Crippen LogP contribution in [0, 0.1) is 5.92 Å². The lowest BCUT2D eigenvalue weighted by molar-refractivity contribution is 0.134. The fraction of sp³-hybridized carbons (Fsp3) is 0.682. The molecule has 1 saturated heterocycles. The Morgan fingerprint density at radius 1 is 1.23 bits per heavy atom. The third kappa shape index (κ3) is 4.06. The van der Waals surface area contributed by atoms with Crippen LogP contribution in [0.4, 0.5) is 4.79 Å². The average Bonchev–Trinajstić information content (AvgIpc) is 2.63. The molecule has 0 radical (unpaired) electrons. The van der Waals surface area contributed by atoms with Gasteiger partial charge < -0.3 is 15.1 Å². The topological polar surface area (TPSA) is 35.6 Å². The largest absolute Gasteiger partial charge is 0.331 e. The van der Waals surface area contributed by atoms with Gasteiger partial charge in [-0.05, 0) is 74.2 Å². The van der Waals surface area contributed by atoms with Crippen LogP contribution in [0.5, 0.6) is 0 Å². The first kappa shape index (κ1) is 19.2. The van der Waals surface area contributed by atoms with Crippen molar-refractivity contribution < 1.29 is 4.79 Å². The van der Waals surface area contributed by atoms with E-state index in [1.807, 2.05) is 0 Å². The summed E-state index contributed by atoms with van der Waals surface area (Å²) in [5.41, 5.74) is 3.13. The zero-order chi connectivity index (χ0) is 18.7. The van der Waals surface area contributed by atoms with Gasteiger partial charge in [0.05, 0.1) is 6.04 Å². The second-order valence-corrected chi connectivity index (χ2v) is 8.83. The Morgan fingerprint density at radius 3 is 2.58 bits per heavy atom. The van der Waals surface area contributed by atoms with Crippen LogP contribution in [0.15, 0.2) is 24.3 Å². The molecular weight excluding hydrogens is 322 g/mol. The van der Waals surface area contributed by atoms with E-state index in [-0.39, 0.29) is 12.1 Å². The van der Waals surface area contributed by atoms with Crippen molar-refractivity contribution in [2.24, 2.45) is 5.92 Å². The van der Waals surface area contributed by atoms with Crippen molar-refractivity contribution >= 4 is 6.03 Å². The first-order valence-corrected chi connectivity index (χ1v) is 10.2. The highest BCUT2D eigenvalue weighted by Crippen LogP contribution is 2.47. The molecule has 1 spiro atoms. The summed E-state index contributed by atoms with van der Waals surface area (Å²) in [6, 6.07) is 8.97. The number of carbonyl (C=O) groups is 1. The number of piperidine rings is 1. The monoisotopic (exact) mass is 357 g/mol. The molecule has 4 nitrogen and oxygen atoms in total. The van der Waals surface area contributed by atoms with Crippen molar-refractivity contribution in [1.82, 2.24) is 15.1 Å². The Morgan fingerprint density at radius 2 is 1.92 bits per heavy atom. The highest BCUT2D eigenvalue weighted by molar-refractivity contribution is 5.74. The predicted octanol–water partition coefficient (Wildman–Crippen LogP) is 4.17. The summed E-state index contributed by atoms with van der Waals surface area (Å²) < 4.78 is 0. The normalized spacial score (nSPS) is 22.3. The van der Waals surface area contributed by atoms with Crippen molar-refractivity contribution in [2.45, 2.75) is 57.4 Å². The Balaban J connectivity index is 1.73. The van der Waals surface area contributed by atoms with Gasteiger partial charge >= 0.3 is 6.03 Å². The number of benzene rings is 1. The molecule has 1 fully saturated rings. The van der Waals surface area contributed by atoms with Gasteiger partial charge in [-0.1, -0.05) is 38.1 Å². The van der Waals surface area contributed by atoms with Gasteiger partial charge in [-0.15, -0.1) is 0 Å². The number of fused-ring (bicyclic) bond motifs is 2. The Bertz CT molecular complexity index is 618. The highest BCUT2D eigenvalue weighted by atomic mass is 16.2. The number of hydrogen-bond acceptors (Lipinski definition) is 2. The van der Waals surface area contributed by atoms with Crippen molar-refractivity contribution in [3.63, 3.8) is 0 Å².